The van der Waals surface area contributed by atoms with E-state index < -0.39 is 0 Å². The number of aliphatic hydroxyl groups excluding tert-OH is 1. The molecule has 88 valence electrons. The summed E-state index contributed by atoms with van der Waals surface area (Å²) in [4.78, 5) is 2.39. The predicted molar refractivity (Wildman–Crippen MR) is 56.8 cm³/mol. The molecule has 0 amide bonds. The normalized spacial score (nSPS) is 37.6. The van der Waals surface area contributed by atoms with Crippen molar-refractivity contribution in [1.82, 2.24) is 4.90 Å². The highest BCUT2D eigenvalue weighted by Gasteiger charge is 2.38. The Balaban J connectivity index is 1.85. The first-order chi connectivity index (χ1) is 7.28. The van der Waals surface area contributed by atoms with Crippen LogP contribution in [0.2, 0.25) is 0 Å². The topological polar surface area (TPSA) is 41.9 Å². The highest BCUT2D eigenvalue weighted by molar-refractivity contribution is 4.90. The minimum absolute atomic E-state index is 0.0929. The smallest absolute Gasteiger partial charge is 0.106 e. The Kier molecular flexibility index (Phi) is 3.61. The van der Waals surface area contributed by atoms with Gasteiger partial charge in [0.25, 0.3) is 0 Å². The van der Waals surface area contributed by atoms with Gasteiger partial charge in [-0.25, -0.2) is 0 Å². The summed E-state index contributed by atoms with van der Waals surface area (Å²) in [5, 5.41) is 9.08. The summed E-state index contributed by atoms with van der Waals surface area (Å²) in [6, 6.07) is 0. The minimum Gasteiger partial charge on any atom is -0.396 e. The van der Waals surface area contributed by atoms with Crippen molar-refractivity contribution in [3.05, 3.63) is 0 Å². The van der Waals surface area contributed by atoms with Gasteiger partial charge in [-0.2, -0.15) is 0 Å². The lowest BCUT2D eigenvalue weighted by atomic mass is 10.0. The van der Waals surface area contributed by atoms with Crippen LogP contribution in [0.4, 0.5) is 0 Å². The van der Waals surface area contributed by atoms with Crippen LogP contribution in [0.3, 0.4) is 0 Å². The first kappa shape index (κ1) is 11.3. The van der Waals surface area contributed by atoms with E-state index in [1.807, 2.05) is 0 Å². The highest BCUT2D eigenvalue weighted by Crippen LogP contribution is 2.26. The molecule has 0 aromatic rings. The molecular weight excluding hydrogens is 194 g/mol. The van der Waals surface area contributed by atoms with Crippen molar-refractivity contribution in [2.45, 2.75) is 18.4 Å². The van der Waals surface area contributed by atoms with Crippen molar-refractivity contribution >= 4 is 0 Å². The van der Waals surface area contributed by atoms with Crippen molar-refractivity contribution in [3.8, 4) is 0 Å². The molecule has 0 saturated carbocycles. The maximum absolute atomic E-state index is 9.08. The molecule has 0 spiro atoms. The Labute approximate surface area is 91.2 Å². The maximum atomic E-state index is 9.08. The van der Waals surface area contributed by atoms with E-state index >= 15 is 0 Å². The van der Waals surface area contributed by atoms with Gasteiger partial charge in [-0.05, 0) is 18.9 Å². The zero-order chi connectivity index (χ0) is 10.7. The second kappa shape index (κ2) is 4.78. The molecule has 15 heavy (non-hydrogen) atoms. The fourth-order valence-corrected chi connectivity index (χ4v) is 2.55. The number of methoxy groups -OCH3 is 1. The lowest BCUT2D eigenvalue weighted by molar-refractivity contribution is -0.0378. The minimum atomic E-state index is -0.0929. The van der Waals surface area contributed by atoms with Gasteiger partial charge < -0.3 is 19.5 Å². The Hall–Kier alpha value is -0.160. The molecule has 2 heterocycles. The molecule has 1 N–H and O–H groups in total. The maximum Gasteiger partial charge on any atom is 0.106 e. The average Bonchev–Trinajstić information content (AvgIpc) is 2.88. The zero-order valence-corrected chi connectivity index (χ0v) is 9.45. The van der Waals surface area contributed by atoms with Crippen LogP contribution in [0.25, 0.3) is 0 Å². The predicted octanol–water partition coefficient (Wildman–Crippen LogP) is 0.106. The van der Waals surface area contributed by atoms with Crippen LogP contribution in [0.15, 0.2) is 0 Å². The molecule has 2 saturated heterocycles. The van der Waals surface area contributed by atoms with Crippen molar-refractivity contribution in [1.29, 1.82) is 0 Å². The largest absolute Gasteiger partial charge is 0.396 e. The number of hydrogen-bond donors (Lipinski definition) is 1. The first-order valence-corrected chi connectivity index (χ1v) is 5.74. The number of ether oxygens (including phenoxy) is 2. The second-order valence-electron chi connectivity index (χ2n) is 4.76. The van der Waals surface area contributed by atoms with Crippen LogP contribution >= 0.6 is 0 Å². The summed E-state index contributed by atoms with van der Waals surface area (Å²) in [5.41, 5.74) is -0.0929. The number of rotatable bonds is 4. The fourth-order valence-electron chi connectivity index (χ4n) is 2.55. The van der Waals surface area contributed by atoms with Gasteiger partial charge >= 0.3 is 0 Å². The number of likely N-dealkylation sites (tertiary alicyclic amines) is 1. The molecule has 2 unspecified atom stereocenters. The van der Waals surface area contributed by atoms with Crippen LogP contribution in [0, 0.1) is 5.92 Å². The quantitative estimate of drug-likeness (QED) is 0.722. The number of nitrogens with zero attached hydrogens (tertiary/aromatic N) is 1. The molecule has 4 nitrogen and oxygen atoms in total. The second-order valence-corrected chi connectivity index (χ2v) is 4.76. The third-order valence-electron chi connectivity index (χ3n) is 3.64. The third-order valence-corrected chi connectivity index (χ3v) is 3.64. The first-order valence-electron chi connectivity index (χ1n) is 5.74. The Morgan fingerprint density at radius 2 is 2.47 bits per heavy atom. The Morgan fingerprint density at radius 3 is 3.00 bits per heavy atom. The van der Waals surface area contributed by atoms with Crippen LogP contribution in [0.5, 0.6) is 0 Å². The molecule has 0 bridgehead atoms. The van der Waals surface area contributed by atoms with Crippen LogP contribution in [-0.4, -0.2) is 62.2 Å². The van der Waals surface area contributed by atoms with E-state index in [9.17, 15) is 0 Å². The van der Waals surface area contributed by atoms with Crippen molar-refractivity contribution in [2.24, 2.45) is 5.92 Å². The summed E-state index contributed by atoms with van der Waals surface area (Å²) in [7, 11) is 1.77. The lowest BCUT2D eigenvalue weighted by Gasteiger charge is -2.30. The summed E-state index contributed by atoms with van der Waals surface area (Å²) in [6.07, 6.45) is 2.10. The summed E-state index contributed by atoms with van der Waals surface area (Å²) >= 11 is 0. The van der Waals surface area contributed by atoms with E-state index in [-0.39, 0.29) is 5.60 Å². The molecule has 0 radical (unpaired) electrons. The molecule has 2 atom stereocenters. The summed E-state index contributed by atoms with van der Waals surface area (Å²) in [6.45, 7) is 4.86. The summed E-state index contributed by atoms with van der Waals surface area (Å²) in [5.74, 6) is 0.459. The lowest BCUT2D eigenvalue weighted by Crippen LogP contribution is -2.44. The van der Waals surface area contributed by atoms with E-state index in [0.29, 0.717) is 19.1 Å². The standard InChI is InChI=1S/C11H21NO3/c1-14-11(3-5-15-9-11)8-12-4-2-10(6-12)7-13/h10,13H,2-9H2,1H3. The molecule has 0 aromatic carbocycles. The van der Waals surface area contributed by atoms with Gasteiger partial charge in [-0.15, -0.1) is 0 Å². The zero-order valence-electron chi connectivity index (χ0n) is 9.45. The van der Waals surface area contributed by atoms with Crippen LogP contribution < -0.4 is 0 Å². The molecule has 2 rings (SSSR count). The number of aliphatic hydroxyl groups is 1. The van der Waals surface area contributed by atoms with Gasteiger partial charge in [0, 0.05) is 39.8 Å². The monoisotopic (exact) mass is 215 g/mol. The van der Waals surface area contributed by atoms with E-state index in [0.717, 1.165) is 39.1 Å². The fraction of sp³-hybridized carbons (Fsp3) is 1.00. The number of hydrogen-bond acceptors (Lipinski definition) is 4. The van der Waals surface area contributed by atoms with E-state index in [1.54, 1.807) is 7.11 Å². The molecule has 2 aliphatic rings. The van der Waals surface area contributed by atoms with Gasteiger partial charge in [0.1, 0.15) is 5.60 Å². The van der Waals surface area contributed by atoms with Crippen molar-refractivity contribution in [2.75, 3.05) is 46.6 Å². The van der Waals surface area contributed by atoms with Gasteiger partial charge in [0.2, 0.25) is 0 Å². The average molecular weight is 215 g/mol. The third kappa shape index (κ3) is 2.50. The van der Waals surface area contributed by atoms with Gasteiger partial charge in [0.05, 0.1) is 6.61 Å². The van der Waals surface area contributed by atoms with Crippen molar-refractivity contribution in [3.63, 3.8) is 0 Å². The van der Waals surface area contributed by atoms with Crippen LogP contribution in [0.1, 0.15) is 12.8 Å². The van der Waals surface area contributed by atoms with Gasteiger partial charge in [0.15, 0.2) is 0 Å². The van der Waals surface area contributed by atoms with E-state index in [4.69, 9.17) is 14.6 Å². The molecule has 0 aliphatic carbocycles. The Morgan fingerprint density at radius 1 is 1.60 bits per heavy atom. The molecule has 4 heteroatoms. The van der Waals surface area contributed by atoms with Crippen molar-refractivity contribution < 1.29 is 14.6 Å². The van der Waals surface area contributed by atoms with Gasteiger partial charge in [-0.1, -0.05) is 0 Å². The SMILES string of the molecule is COC1(CN2CCC(CO)C2)CCOC1. The molecule has 2 fully saturated rings. The molecule has 2 aliphatic heterocycles. The van der Waals surface area contributed by atoms with E-state index in [2.05, 4.69) is 4.90 Å². The summed E-state index contributed by atoms with van der Waals surface area (Å²) < 4.78 is 11.0. The van der Waals surface area contributed by atoms with E-state index in [1.165, 1.54) is 0 Å². The van der Waals surface area contributed by atoms with Crippen LogP contribution in [-0.2, 0) is 9.47 Å². The molecular formula is C11H21NO3. The van der Waals surface area contributed by atoms with Gasteiger partial charge in [-0.3, -0.25) is 0 Å². The molecule has 0 aromatic heterocycles. The Bertz CT molecular complexity index is 204. The highest BCUT2D eigenvalue weighted by atomic mass is 16.5.